The zero-order valence-electron chi connectivity index (χ0n) is 17.8. The fraction of sp³-hybridized carbons (Fsp3) is 0.261. The van der Waals surface area contributed by atoms with Gasteiger partial charge in [-0.25, -0.2) is 0 Å². The minimum atomic E-state index is -4.52. The number of hydrogen-bond donors (Lipinski definition) is 2. The number of aromatic hydroxyl groups is 1. The highest BCUT2D eigenvalue weighted by Crippen LogP contribution is 2.38. The van der Waals surface area contributed by atoms with Crippen LogP contribution in [0.4, 0.5) is 18.9 Å². The number of aliphatic hydroxyl groups excluding tert-OH is 1. The van der Waals surface area contributed by atoms with E-state index in [9.17, 15) is 18.0 Å². The molecule has 10 heteroatoms. The minimum Gasteiger partial charge on any atom is -0.508 e. The van der Waals surface area contributed by atoms with E-state index in [2.05, 4.69) is 0 Å². The first kappa shape index (κ1) is 24.0. The van der Waals surface area contributed by atoms with Crippen LogP contribution in [0, 0.1) is 0 Å². The zero-order valence-corrected chi connectivity index (χ0v) is 17.8. The molecule has 0 saturated carbocycles. The molecule has 2 aliphatic rings. The SMILES string of the molecule is CC1C(=O)N(Cc2ccc(C(F)(F)F)o2)c2ccccc21.CO.Oc1ccc2c(c1)OCO2. The van der Waals surface area contributed by atoms with Gasteiger partial charge >= 0.3 is 6.18 Å². The van der Waals surface area contributed by atoms with Crippen LogP contribution in [0.2, 0.25) is 0 Å². The van der Waals surface area contributed by atoms with E-state index in [-0.39, 0.29) is 36.7 Å². The number of furan rings is 1. The van der Waals surface area contributed by atoms with Crippen molar-refractivity contribution in [2.75, 3.05) is 18.8 Å². The number of ether oxygens (including phenoxy) is 2. The molecule has 176 valence electrons. The van der Waals surface area contributed by atoms with Crippen molar-refractivity contribution in [2.24, 2.45) is 0 Å². The van der Waals surface area contributed by atoms with E-state index < -0.39 is 11.9 Å². The monoisotopic (exact) mass is 465 g/mol. The van der Waals surface area contributed by atoms with Crippen LogP contribution in [0.25, 0.3) is 0 Å². The number of halogens is 3. The molecule has 1 amide bonds. The Bertz CT molecular complexity index is 1110. The number of aliphatic hydroxyl groups is 1. The minimum absolute atomic E-state index is 0.00370. The lowest BCUT2D eigenvalue weighted by Crippen LogP contribution is -2.27. The molecule has 0 spiro atoms. The third-order valence-electron chi connectivity index (χ3n) is 4.94. The molecule has 3 heterocycles. The van der Waals surface area contributed by atoms with Gasteiger partial charge in [-0.3, -0.25) is 4.79 Å². The molecule has 0 aliphatic carbocycles. The Hall–Kier alpha value is -3.66. The van der Waals surface area contributed by atoms with Crippen molar-refractivity contribution in [1.29, 1.82) is 0 Å². The van der Waals surface area contributed by atoms with Gasteiger partial charge in [-0.2, -0.15) is 13.2 Å². The molecular weight excluding hydrogens is 443 g/mol. The summed E-state index contributed by atoms with van der Waals surface area (Å²) in [5, 5.41) is 16.0. The van der Waals surface area contributed by atoms with Gasteiger partial charge in [0.25, 0.3) is 0 Å². The van der Waals surface area contributed by atoms with Crippen LogP contribution in [0.5, 0.6) is 17.2 Å². The first-order chi connectivity index (χ1) is 15.7. The number of phenols is 1. The average molecular weight is 465 g/mol. The fourth-order valence-electron chi connectivity index (χ4n) is 3.40. The Morgan fingerprint density at radius 1 is 1.03 bits per heavy atom. The molecule has 0 bridgehead atoms. The van der Waals surface area contributed by atoms with Crippen molar-refractivity contribution >= 4 is 11.6 Å². The molecule has 33 heavy (non-hydrogen) atoms. The van der Waals surface area contributed by atoms with E-state index in [1.54, 1.807) is 31.2 Å². The first-order valence-electron chi connectivity index (χ1n) is 9.83. The van der Waals surface area contributed by atoms with E-state index in [0.29, 0.717) is 11.5 Å². The molecule has 1 aromatic heterocycles. The number of carbonyl (C=O) groups excluding carboxylic acids is 1. The van der Waals surface area contributed by atoms with E-state index in [1.165, 1.54) is 17.0 Å². The van der Waals surface area contributed by atoms with Crippen molar-refractivity contribution in [3.8, 4) is 17.2 Å². The number of rotatable bonds is 2. The van der Waals surface area contributed by atoms with Crippen molar-refractivity contribution in [3.05, 3.63) is 71.7 Å². The highest BCUT2D eigenvalue weighted by atomic mass is 19.4. The summed E-state index contributed by atoms with van der Waals surface area (Å²) in [6.45, 7) is 2.03. The molecule has 0 radical (unpaired) electrons. The summed E-state index contributed by atoms with van der Waals surface area (Å²) in [5.41, 5.74) is 1.60. The van der Waals surface area contributed by atoms with Crippen LogP contribution in [-0.2, 0) is 17.5 Å². The third kappa shape index (κ3) is 5.23. The van der Waals surface area contributed by atoms with Gasteiger partial charge < -0.3 is 29.0 Å². The maximum Gasteiger partial charge on any atom is 0.449 e. The summed E-state index contributed by atoms with van der Waals surface area (Å²) in [6.07, 6.45) is -4.52. The van der Waals surface area contributed by atoms with E-state index in [4.69, 9.17) is 24.1 Å². The van der Waals surface area contributed by atoms with Crippen molar-refractivity contribution in [2.45, 2.75) is 25.6 Å². The van der Waals surface area contributed by atoms with Crippen molar-refractivity contribution < 1.29 is 42.1 Å². The number of amides is 1. The number of nitrogens with zero attached hydrogens (tertiary/aromatic N) is 1. The van der Waals surface area contributed by atoms with E-state index in [0.717, 1.165) is 24.4 Å². The topological polar surface area (TPSA) is 92.4 Å². The van der Waals surface area contributed by atoms with E-state index in [1.807, 2.05) is 12.1 Å². The number of benzene rings is 2. The molecule has 2 aliphatic heterocycles. The molecule has 2 N–H and O–H groups in total. The smallest absolute Gasteiger partial charge is 0.449 e. The number of alkyl halides is 3. The van der Waals surface area contributed by atoms with Gasteiger partial charge in [0.15, 0.2) is 11.5 Å². The van der Waals surface area contributed by atoms with Crippen molar-refractivity contribution in [3.63, 3.8) is 0 Å². The van der Waals surface area contributed by atoms with Crippen LogP contribution in [-0.4, -0.2) is 30.0 Å². The molecule has 1 atom stereocenters. The second kappa shape index (κ2) is 9.86. The second-order valence-corrected chi connectivity index (χ2v) is 7.01. The number of carbonyl (C=O) groups is 1. The molecular formula is C23H22F3NO6. The number of fused-ring (bicyclic) bond motifs is 2. The Labute approximate surface area is 187 Å². The summed E-state index contributed by atoms with van der Waals surface area (Å²) in [7, 11) is 1.00. The highest BCUT2D eigenvalue weighted by Gasteiger charge is 2.37. The summed E-state index contributed by atoms with van der Waals surface area (Å²) < 4.78 is 52.4. The Balaban J connectivity index is 0.000000212. The molecule has 2 aromatic carbocycles. The van der Waals surface area contributed by atoms with Gasteiger partial charge in [0.2, 0.25) is 18.5 Å². The van der Waals surface area contributed by atoms with Gasteiger partial charge in [0.1, 0.15) is 11.5 Å². The third-order valence-corrected chi connectivity index (χ3v) is 4.94. The lowest BCUT2D eigenvalue weighted by atomic mass is 10.0. The standard InChI is InChI=1S/C15H12F3NO2.C7H6O3.CH4O/c1-9-11-4-2-3-5-12(11)19(14(9)20)8-10-6-7-13(21-10)15(16,17)18;8-5-1-2-6-7(3-5)10-4-9-6;1-2/h2-7,9H,8H2,1H3;1-3,8H,4H2;2H,1H3. The summed E-state index contributed by atoms with van der Waals surface area (Å²) in [4.78, 5) is 13.7. The molecule has 1 unspecified atom stereocenters. The summed E-state index contributed by atoms with van der Waals surface area (Å²) in [6, 6.07) is 14.2. The Morgan fingerprint density at radius 3 is 2.42 bits per heavy atom. The van der Waals surface area contributed by atoms with Gasteiger partial charge in [-0.05, 0) is 42.8 Å². The zero-order chi connectivity index (χ0) is 24.2. The second-order valence-electron chi connectivity index (χ2n) is 7.01. The Morgan fingerprint density at radius 2 is 1.73 bits per heavy atom. The average Bonchev–Trinajstić information content (AvgIpc) is 3.51. The first-order valence-corrected chi connectivity index (χ1v) is 9.83. The van der Waals surface area contributed by atoms with Crippen molar-refractivity contribution in [1.82, 2.24) is 0 Å². The quantitative estimate of drug-likeness (QED) is 0.571. The maximum atomic E-state index is 12.5. The maximum absolute atomic E-state index is 12.5. The van der Waals surface area contributed by atoms with Crippen LogP contribution < -0.4 is 14.4 Å². The van der Waals surface area contributed by atoms with Gasteiger partial charge in [-0.15, -0.1) is 0 Å². The summed E-state index contributed by atoms with van der Waals surface area (Å²) in [5.74, 6) is 0.131. The fourth-order valence-corrected chi connectivity index (χ4v) is 3.40. The lowest BCUT2D eigenvalue weighted by molar-refractivity contribution is -0.153. The van der Waals surface area contributed by atoms with Gasteiger partial charge in [0.05, 0.1) is 12.5 Å². The molecule has 0 saturated heterocycles. The number of para-hydroxylation sites is 1. The highest BCUT2D eigenvalue weighted by molar-refractivity contribution is 6.04. The number of anilines is 1. The van der Waals surface area contributed by atoms with E-state index >= 15 is 0 Å². The largest absolute Gasteiger partial charge is 0.508 e. The summed E-state index contributed by atoms with van der Waals surface area (Å²) >= 11 is 0. The van der Waals surface area contributed by atoms with Crippen LogP contribution in [0.1, 0.15) is 29.9 Å². The predicted octanol–water partition coefficient (Wildman–Crippen LogP) is 4.68. The Kier molecular flexibility index (Phi) is 7.17. The number of hydrogen-bond acceptors (Lipinski definition) is 6. The molecule has 0 fully saturated rings. The lowest BCUT2D eigenvalue weighted by Gasteiger charge is -2.16. The molecule has 5 rings (SSSR count). The van der Waals surface area contributed by atoms with Crippen LogP contribution in [0.3, 0.4) is 0 Å². The van der Waals surface area contributed by atoms with Crippen LogP contribution in [0.15, 0.2) is 59.0 Å². The number of phenolic OH excluding ortho intramolecular Hbond substituents is 1. The molecule has 3 aromatic rings. The molecule has 7 nitrogen and oxygen atoms in total. The normalized spacial score (nSPS) is 15.9. The van der Waals surface area contributed by atoms with Crippen LogP contribution >= 0.6 is 0 Å². The van der Waals surface area contributed by atoms with Gasteiger partial charge in [0, 0.05) is 18.9 Å². The predicted molar refractivity (Wildman–Crippen MR) is 112 cm³/mol. The van der Waals surface area contributed by atoms with Gasteiger partial charge in [-0.1, -0.05) is 18.2 Å².